The van der Waals surface area contributed by atoms with Gasteiger partial charge in [0.2, 0.25) is 5.91 Å². The van der Waals surface area contributed by atoms with Gasteiger partial charge in [-0.25, -0.2) is 0 Å². The summed E-state index contributed by atoms with van der Waals surface area (Å²) in [7, 11) is 0. The predicted molar refractivity (Wildman–Crippen MR) is 157 cm³/mol. The highest BCUT2D eigenvalue weighted by Gasteiger charge is 2.41. The molecule has 5 rings (SSSR count). The Bertz CT molecular complexity index is 1480. The third-order valence-corrected chi connectivity index (χ3v) is 7.95. The Morgan fingerprint density at radius 2 is 1.55 bits per heavy atom. The molecular formula is C34H36N2O4. The van der Waals surface area contributed by atoms with Gasteiger partial charge in [0.15, 0.2) is 5.78 Å². The molecule has 0 bridgehead atoms. The number of anilines is 2. The van der Waals surface area contributed by atoms with Crippen LogP contribution in [0.25, 0.3) is 0 Å². The number of nitrogens with one attached hydrogen (secondary N) is 1. The van der Waals surface area contributed by atoms with Crippen molar-refractivity contribution in [1.29, 1.82) is 0 Å². The second-order valence-corrected chi connectivity index (χ2v) is 11.9. The summed E-state index contributed by atoms with van der Waals surface area (Å²) >= 11 is 0. The largest absolute Gasteiger partial charge is 0.481 e. The molecular weight excluding hydrogens is 500 g/mol. The van der Waals surface area contributed by atoms with Crippen LogP contribution in [0.5, 0.6) is 0 Å². The summed E-state index contributed by atoms with van der Waals surface area (Å²) in [5, 5.41) is 12.8. The maximum atomic E-state index is 14.1. The van der Waals surface area contributed by atoms with Gasteiger partial charge in [-0.1, -0.05) is 87.0 Å². The van der Waals surface area contributed by atoms with Gasteiger partial charge in [-0.15, -0.1) is 0 Å². The van der Waals surface area contributed by atoms with E-state index >= 15 is 0 Å². The number of benzene rings is 3. The molecule has 1 aliphatic heterocycles. The molecule has 0 fully saturated rings. The predicted octanol–water partition coefficient (Wildman–Crippen LogP) is 7.06. The van der Waals surface area contributed by atoms with E-state index in [1.54, 1.807) is 4.90 Å². The van der Waals surface area contributed by atoms with Crippen molar-refractivity contribution in [2.24, 2.45) is 0 Å². The summed E-state index contributed by atoms with van der Waals surface area (Å²) in [5.74, 6) is -1.36. The number of aryl methyl sites for hydroxylation is 1. The van der Waals surface area contributed by atoms with E-state index < -0.39 is 12.0 Å². The SMILES string of the molecule is Cc1ccc([C@@H]2C3=C(C[C@@H](c4ccc(C(C)(C)C)cc4)CC3=O)Nc3ccccc3N2C(=O)CCC(=O)O)cc1. The normalized spacial score (nSPS) is 18.9. The maximum Gasteiger partial charge on any atom is 0.303 e. The molecule has 1 amide bonds. The Hall–Kier alpha value is -4.19. The molecule has 6 nitrogen and oxygen atoms in total. The average molecular weight is 537 g/mol. The van der Waals surface area contributed by atoms with Crippen LogP contribution in [0, 0.1) is 6.92 Å². The molecule has 3 aromatic carbocycles. The lowest BCUT2D eigenvalue weighted by Gasteiger charge is -2.35. The van der Waals surface area contributed by atoms with Crippen molar-refractivity contribution in [3.8, 4) is 0 Å². The lowest BCUT2D eigenvalue weighted by molar-refractivity contribution is -0.138. The maximum absolute atomic E-state index is 14.1. The number of carboxylic acids is 1. The number of hydrogen-bond donors (Lipinski definition) is 2. The number of rotatable bonds is 5. The Labute approximate surface area is 235 Å². The molecule has 0 unspecified atom stereocenters. The van der Waals surface area contributed by atoms with E-state index in [4.69, 9.17) is 0 Å². The van der Waals surface area contributed by atoms with Crippen molar-refractivity contribution in [2.45, 2.75) is 70.8 Å². The van der Waals surface area contributed by atoms with E-state index in [-0.39, 0.29) is 35.9 Å². The molecule has 2 N–H and O–H groups in total. The zero-order valence-electron chi connectivity index (χ0n) is 23.5. The van der Waals surface area contributed by atoms with Gasteiger partial charge < -0.3 is 10.4 Å². The van der Waals surface area contributed by atoms with E-state index in [0.29, 0.717) is 24.1 Å². The fraction of sp³-hybridized carbons (Fsp3) is 0.324. The number of carbonyl (C=O) groups is 3. The number of hydrogen-bond acceptors (Lipinski definition) is 4. The number of aliphatic carboxylic acids is 1. The number of allylic oxidation sites excluding steroid dienone is 1. The van der Waals surface area contributed by atoms with Crippen LogP contribution in [-0.2, 0) is 19.8 Å². The highest BCUT2D eigenvalue weighted by Crippen LogP contribution is 2.47. The molecule has 40 heavy (non-hydrogen) atoms. The van der Waals surface area contributed by atoms with Crippen LogP contribution >= 0.6 is 0 Å². The third kappa shape index (κ3) is 5.44. The van der Waals surface area contributed by atoms with Crippen LogP contribution in [0.1, 0.15) is 80.7 Å². The van der Waals surface area contributed by atoms with Gasteiger partial charge in [0.05, 0.1) is 23.8 Å². The number of carbonyl (C=O) groups excluding carboxylic acids is 2. The van der Waals surface area contributed by atoms with Crippen molar-refractivity contribution in [2.75, 3.05) is 10.2 Å². The smallest absolute Gasteiger partial charge is 0.303 e. The van der Waals surface area contributed by atoms with E-state index in [1.165, 1.54) is 5.56 Å². The summed E-state index contributed by atoms with van der Waals surface area (Å²) < 4.78 is 0. The molecule has 2 atom stereocenters. The molecule has 0 saturated heterocycles. The topological polar surface area (TPSA) is 86.7 Å². The van der Waals surface area contributed by atoms with Gasteiger partial charge in [0, 0.05) is 24.1 Å². The molecule has 1 aliphatic carbocycles. The monoisotopic (exact) mass is 536 g/mol. The molecule has 6 heteroatoms. The minimum atomic E-state index is -1.03. The minimum Gasteiger partial charge on any atom is -0.481 e. The number of para-hydroxylation sites is 2. The van der Waals surface area contributed by atoms with E-state index in [2.05, 4.69) is 50.4 Å². The molecule has 2 aliphatic rings. The van der Waals surface area contributed by atoms with E-state index in [0.717, 1.165) is 28.1 Å². The van der Waals surface area contributed by atoms with Gasteiger partial charge >= 0.3 is 5.97 Å². The van der Waals surface area contributed by atoms with Gasteiger partial charge in [-0.2, -0.15) is 0 Å². The summed E-state index contributed by atoms with van der Waals surface area (Å²) in [6.45, 7) is 8.55. The number of carboxylic acid groups (broad SMARTS) is 1. The van der Waals surface area contributed by atoms with Crippen LogP contribution in [-0.4, -0.2) is 22.8 Å². The first-order chi connectivity index (χ1) is 19.0. The van der Waals surface area contributed by atoms with Gasteiger partial charge in [0.25, 0.3) is 0 Å². The summed E-state index contributed by atoms with van der Waals surface area (Å²) in [6, 6.07) is 23.3. The second kappa shape index (κ2) is 10.8. The first kappa shape index (κ1) is 27.4. The number of Topliss-reactive ketones (excluding diaryl/α,β-unsaturated/α-hetero) is 1. The minimum absolute atomic E-state index is 0.00642. The summed E-state index contributed by atoms with van der Waals surface area (Å²) in [4.78, 5) is 40.8. The molecule has 206 valence electrons. The standard InChI is InChI=1S/C34H36N2O4/c1-21-9-11-23(12-10-21)33-32-27(19-24(20-29(32)37)22-13-15-25(16-14-22)34(2,3)4)35-26-7-5-6-8-28(26)36(33)30(38)17-18-31(39)40/h5-16,24,33,35H,17-20H2,1-4H3,(H,39,40)/t24-,33-/m1/s1. The Morgan fingerprint density at radius 1 is 0.900 bits per heavy atom. The molecule has 0 radical (unpaired) electrons. The van der Waals surface area contributed by atoms with Crippen molar-refractivity contribution in [1.82, 2.24) is 0 Å². The molecule has 0 aromatic heterocycles. The van der Waals surface area contributed by atoms with Gasteiger partial charge in [-0.05, 0) is 53.5 Å². The molecule has 0 spiro atoms. The van der Waals surface area contributed by atoms with Crippen molar-refractivity contribution in [3.63, 3.8) is 0 Å². The first-order valence-corrected chi connectivity index (χ1v) is 13.9. The third-order valence-electron chi connectivity index (χ3n) is 7.95. The molecule has 0 saturated carbocycles. The van der Waals surface area contributed by atoms with Crippen LogP contribution in [0.3, 0.4) is 0 Å². The fourth-order valence-electron chi connectivity index (χ4n) is 5.75. The van der Waals surface area contributed by atoms with Crippen molar-refractivity contribution in [3.05, 3.63) is 106 Å². The Balaban J connectivity index is 1.63. The van der Waals surface area contributed by atoms with E-state index in [1.807, 2.05) is 55.5 Å². The highest BCUT2D eigenvalue weighted by molar-refractivity contribution is 6.06. The number of fused-ring (bicyclic) bond motifs is 1. The first-order valence-electron chi connectivity index (χ1n) is 13.9. The van der Waals surface area contributed by atoms with Crippen LogP contribution in [0.4, 0.5) is 11.4 Å². The summed E-state index contributed by atoms with van der Waals surface area (Å²) in [6.07, 6.45) is 0.526. The average Bonchev–Trinajstić information content (AvgIpc) is 3.06. The Morgan fingerprint density at radius 3 is 2.20 bits per heavy atom. The van der Waals surface area contributed by atoms with E-state index in [9.17, 15) is 19.5 Å². The number of ketones is 1. The zero-order valence-corrected chi connectivity index (χ0v) is 23.5. The van der Waals surface area contributed by atoms with Crippen molar-refractivity contribution >= 4 is 29.0 Å². The summed E-state index contributed by atoms with van der Waals surface area (Å²) in [5.41, 5.74) is 7.05. The van der Waals surface area contributed by atoms with Gasteiger partial charge in [-0.3, -0.25) is 19.3 Å². The zero-order chi connectivity index (χ0) is 28.6. The molecule has 1 heterocycles. The lowest BCUT2D eigenvalue weighted by atomic mass is 9.77. The number of nitrogens with zero attached hydrogens (tertiary/aromatic N) is 1. The number of amides is 1. The quantitative estimate of drug-likeness (QED) is 0.365. The van der Waals surface area contributed by atoms with Crippen LogP contribution in [0.15, 0.2) is 84.1 Å². The highest BCUT2D eigenvalue weighted by atomic mass is 16.4. The van der Waals surface area contributed by atoms with Crippen LogP contribution < -0.4 is 10.2 Å². The van der Waals surface area contributed by atoms with Crippen LogP contribution in [0.2, 0.25) is 0 Å². The Kier molecular flexibility index (Phi) is 7.37. The lowest BCUT2D eigenvalue weighted by Crippen LogP contribution is -2.38. The van der Waals surface area contributed by atoms with Crippen molar-refractivity contribution < 1.29 is 19.5 Å². The molecule has 3 aromatic rings. The van der Waals surface area contributed by atoms with Gasteiger partial charge in [0.1, 0.15) is 0 Å². The second-order valence-electron chi connectivity index (χ2n) is 11.9. The fourth-order valence-corrected chi connectivity index (χ4v) is 5.75.